The van der Waals surface area contributed by atoms with Crippen molar-refractivity contribution in [2.45, 2.75) is 38.5 Å². The summed E-state index contributed by atoms with van der Waals surface area (Å²) in [5, 5.41) is 0. The number of furan rings is 1. The Morgan fingerprint density at radius 1 is 1.23 bits per heavy atom. The molecular weight excluding hydrogens is 328 g/mol. The highest BCUT2D eigenvalue weighted by atomic mass is 16.5. The summed E-state index contributed by atoms with van der Waals surface area (Å²) in [5.41, 5.74) is 1.14. The molecule has 1 aliphatic heterocycles. The molecule has 2 unspecified atom stereocenters. The molecule has 0 N–H and O–H groups in total. The minimum atomic E-state index is 0.0388. The zero-order chi connectivity index (χ0) is 18.4. The van der Waals surface area contributed by atoms with Crippen molar-refractivity contribution in [3.05, 3.63) is 60.1 Å². The Labute approximate surface area is 155 Å². The van der Waals surface area contributed by atoms with Crippen molar-refractivity contribution in [2.75, 3.05) is 26.7 Å². The minimum absolute atomic E-state index is 0.0388. The van der Waals surface area contributed by atoms with Gasteiger partial charge in [-0.1, -0.05) is 30.3 Å². The maximum absolute atomic E-state index is 12.9. The summed E-state index contributed by atoms with van der Waals surface area (Å²) in [7, 11) is 1.87. The van der Waals surface area contributed by atoms with Crippen LogP contribution in [0.15, 0.2) is 53.1 Å². The van der Waals surface area contributed by atoms with E-state index in [1.165, 1.54) is 0 Å². The van der Waals surface area contributed by atoms with Gasteiger partial charge in [-0.15, -0.1) is 0 Å². The number of hydrogen-bond acceptors (Lipinski definition) is 4. The summed E-state index contributed by atoms with van der Waals surface area (Å²) in [6.45, 7) is 4.60. The fourth-order valence-electron chi connectivity index (χ4n) is 3.36. The van der Waals surface area contributed by atoms with Crippen LogP contribution in [0, 0.1) is 0 Å². The van der Waals surface area contributed by atoms with Gasteiger partial charge in [-0.25, -0.2) is 0 Å². The van der Waals surface area contributed by atoms with E-state index in [-0.39, 0.29) is 18.1 Å². The molecular formula is C21H28N2O3. The monoisotopic (exact) mass is 356 g/mol. The van der Waals surface area contributed by atoms with E-state index in [0.717, 1.165) is 37.3 Å². The number of likely N-dealkylation sites (N-methyl/N-ethyl adjacent to an activating group) is 1. The van der Waals surface area contributed by atoms with Gasteiger partial charge in [0.1, 0.15) is 5.76 Å². The van der Waals surface area contributed by atoms with Crippen LogP contribution in [0.3, 0.4) is 0 Å². The molecule has 1 aromatic carbocycles. The fraction of sp³-hybridized carbons (Fsp3) is 0.476. The molecule has 0 radical (unpaired) electrons. The lowest BCUT2D eigenvalue weighted by molar-refractivity contribution is -0.133. The van der Waals surface area contributed by atoms with Crippen molar-refractivity contribution < 1.29 is 13.9 Å². The first-order chi connectivity index (χ1) is 12.6. The van der Waals surface area contributed by atoms with Gasteiger partial charge in [0.05, 0.1) is 31.5 Å². The van der Waals surface area contributed by atoms with Crippen molar-refractivity contribution in [3.8, 4) is 0 Å². The van der Waals surface area contributed by atoms with Crippen molar-refractivity contribution in [1.29, 1.82) is 0 Å². The first-order valence-electron chi connectivity index (χ1n) is 9.30. The number of amides is 1. The molecule has 1 fully saturated rings. The number of ether oxygens (including phenoxy) is 1. The second kappa shape index (κ2) is 9.01. The number of rotatable bonds is 8. The van der Waals surface area contributed by atoms with Crippen molar-refractivity contribution >= 4 is 5.91 Å². The molecule has 3 rings (SSSR count). The van der Waals surface area contributed by atoms with Gasteiger partial charge in [0, 0.05) is 20.2 Å². The molecule has 1 aliphatic rings. The van der Waals surface area contributed by atoms with Gasteiger partial charge in [0.15, 0.2) is 0 Å². The topological polar surface area (TPSA) is 45.9 Å². The Morgan fingerprint density at radius 3 is 2.69 bits per heavy atom. The molecule has 140 valence electrons. The second-order valence-corrected chi connectivity index (χ2v) is 6.98. The van der Waals surface area contributed by atoms with Crippen molar-refractivity contribution in [2.24, 2.45) is 0 Å². The highest BCUT2D eigenvalue weighted by Crippen LogP contribution is 2.20. The zero-order valence-electron chi connectivity index (χ0n) is 15.6. The van der Waals surface area contributed by atoms with E-state index in [1.54, 1.807) is 6.26 Å². The predicted molar refractivity (Wildman–Crippen MR) is 101 cm³/mol. The Morgan fingerprint density at radius 2 is 2.04 bits per heavy atom. The van der Waals surface area contributed by atoms with Gasteiger partial charge in [-0.3, -0.25) is 9.69 Å². The van der Waals surface area contributed by atoms with Crippen molar-refractivity contribution in [1.82, 2.24) is 9.80 Å². The highest BCUT2D eigenvalue weighted by molar-refractivity contribution is 5.78. The minimum Gasteiger partial charge on any atom is -0.468 e. The van der Waals surface area contributed by atoms with Gasteiger partial charge in [-0.2, -0.15) is 0 Å². The summed E-state index contributed by atoms with van der Waals surface area (Å²) in [4.78, 5) is 16.8. The van der Waals surface area contributed by atoms with Crippen LogP contribution in [0.4, 0.5) is 0 Å². The smallest absolute Gasteiger partial charge is 0.237 e. The Balaban J connectivity index is 1.63. The van der Waals surface area contributed by atoms with E-state index in [9.17, 15) is 4.79 Å². The third kappa shape index (κ3) is 4.96. The summed E-state index contributed by atoms with van der Waals surface area (Å²) < 4.78 is 11.2. The normalized spacial score (nSPS) is 18.2. The van der Waals surface area contributed by atoms with Crippen LogP contribution < -0.4 is 0 Å². The SMILES string of the molecule is CC(c1ccccc1)N(C)C(=O)CN(Cc1ccco1)CC1CCCO1. The highest BCUT2D eigenvalue weighted by Gasteiger charge is 2.24. The molecule has 5 heteroatoms. The molecule has 1 amide bonds. The fourth-order valence-corrected chi connectivity index (χ4v) is 3.36. The summed E-state index contributed by atoms with van der Waals surface area (Å²) in [6, 6.07) is 14.0. The van der Waals surface area contributed by atoms with Crippen LogP contribution in [-0.4, -0.2) is 48.6 Å². The summed E-state index contributed by atoms with van der Waals surface area (Å²) in [6.07, 6.45) is 4.03. The number of carbonyl (C=O) groups excluding carboxylic acids is 1. The van der Waals surface area contributed by atoms with Gasteiger partial charge in [0.25, 0.3) is 0 Å². The Hall–Kier alpha value is -2.11. The number of carbonyl (C=O) groups is 1. The average Bonchev–Trinajstić information content (AvgIpc) is 3.35. The van der Waals surface area contributed by atoms with Crippen LogP contribution in [0.25, 0.3) is 0 Å². The van der Waals surface area contributed by atoms with E-state index in [2.05, 4.69) is 24.0 Å². The lowest BCUT2D eigenvalue weighted by atomic mass is 10.1. The lowest BCUT2D eigenvalue weighted by Crippen LogP contribution is -2.42. The van der Waals surface area contributed by atoms with Crippen LogP contribution in [0.2, 0.25) is 0 Å². The van der Waals surface area contributed by atoms with Crippen LogP contribution in [-0.2, 0) is 16.1 Å². The zero-order valence-corrected chi connectivity index (χ0v) is 15.6. The Bertz CT molecular complexity index is 666. The predicted octanol–water partition coefficient (Wildman–Crippen LogP) is 3.48. The largest absolute Gasteiger partial charge is 0.468 e. The number of benzene rings is 1. The molecule has 5 nitrogen and oxygen atoms in total. The van der Waals surface area contributed by atoms with Crippen LogP contribution >= 0.6 is 0 Å². The third-order valence-electron chi connectivity index (χ3n) is 5.06. The van der Waals surface area contributed by atoms with E-state index in [0.29, 0.717) is 13.1 Å². The quantitative estimate of drug-likeness (QED) is 0.726. The molecule has 1 aromatic heterocycles. The average molecular weight is 356 g/mol. The van der Waals surface area contributed by atoms with Gasteiger partial charge < -0.3 is 14.1 Å². The molecule has 26 heavy (non-hydrogen) atoms. The maximum atomic E-state index is 12.9. The molecule has 0 aliphatic carbocycles. The molecule has 1 saturated heterocycles. The second-order valence-electron chi connectivity index (χ2n) is 6.98. The van der Waals surface area contributed by atoms with E-state index < -0.39 is 0 Å². The van der Waals surface area contributed by atoms with Gasteiger partial charge in [-0.05, 0) is 37.5 Å². The molecule has 2 heterocycles. The van der Waals surface area contributed by atoms with E-state index in [1.807, 2.05) is 42.3 Å². The summed E-state index contributed by atoms with van der Waals surface area (Å²) in [5.74, 6) is 0.973. The van der Waals surface area contributed by atoms with Crippen LogP contribution in [0.5, 0.6) is 0 Å². The number of hydrogen-bond donors (Lipinski definition) is 0. The standard InChI is InChI=1S/C21H28N2O3/c1-17(18-8-4-3-5-9-18)22(2)21(24)16-23(14-19-10-6-12-25-19)15-20-11-7-13-26-20/h3-6,8-10,12,17,20H,7,11,13-16H2,1-2H3. The first-order valence-corrected chi connectivity index (χ1v) is 9.30. The third-order valence-corrected chi connectivity index (χ3v) is 5.06. The van der Waals surface area contributed by atoms with Gasteiger partial charge in [0.2, 0.25) is 5.91 Å². The summed E-state index contributed by atoms with van der Waals surface area (Å²) >= 11 is 0. The maximum Gasteiger partial charge on any atom is 0.237 e. The van der Waals surface area contributed by atoms with Gasteiger partial charge >= 0.3 is 0 Å². The van der Waals surface area contributed by atoms with Crippen molar-refractivity contribution in [3.63, 3.8) is 0 Å². The molecule has 2 aromatic rings. The van der Waals surface area contributed by atoms with E-state index in [4.69, 9.17) is 9.15 Å². The molecule has 0 saturated carbocycles. The van der Waals surface area contributed by atoms with E-state index >= 15 is 0 Å². The number of nitrogens with zero attached hydrogens (tertiary/aromatic N) is 2. The molecule has 2 atom stereocenters. The Kier molecular flexibility index (Phi) is 6.47. The first kappa shape index (κ1) is 18.7. The molecule has 0 spiro atoms. The van der Waals surface area contributed by atoms with Crippen LogP contribution in [0.1, 0.15) is 37.1 Å². The molecule has 0 bridgehead atoms. The lowest BCUT2D eigenvalue weighted by Gasteiger charge is -2.29.